The van der Waals surface area contributed by atoms with E-state index in [1.807, 2.05) is 18.2 Å². The van der Waals surface area contributed by atoms with Crippen molar-refractivity contribution < 1.29 is 0 Å². The molecule has 0 saturated carbocycles. The van der Waals surface area contributed by atoms with Crippen LogP contribution in [0.15, 0.2) is 60.7 Å². The van der Waals surface area contributed by atoms with Gasteiger partial charge >= 0.3 is 0 Å². The molecule has 4 heteroatoms. The summed E-state index contributed by atoms with van der Waals surface area (Å²) in [7, 11) is 0. The number of fused-ring (bicyclic) bond motifs is 1. The van der Waals surface area contributed by atoms with Crippen LogP contribution < -0.4 is 10.2 Å². The quantitative estimate of drug-likeness (QED) is 0.677. The van der Waals surface area contributed by atoms with Gasteiger partial charge in [-0.25, -0.2) is 4.98 Å². The number of nitrogens with one attached hydrogen (secondary N) is 1. The molecule has 138 valence electrons. The first-order valence-corrected chi connectivity index (χ1v) is 9.58. The monoisotopic (exact) mass is 358 g/mol. The van der Waals surface area contributed by atoms with Crippen molar-refractivity contribution in [1.29, 1.82) is 0 Å². The third-order valence-corrected chi connectivity index (χ3v) is 4.66. The molecule has 4 rings (SSSR count). The van der Waals surface area contributed by atoms with Crippen LogP contribution in [0.25, 0.3) is 11.3 Å². The van der Waals surface area contributed by atoms with E-state index in [-0.39, 0.29) is 5.54 Å². The van der Waals surface area contributed by atoms with Gasteiger partial charge in [-0.15, -0.1) is 0 Å². The Balaban J connectivity index is 1.82. The Hall–Kier alpha value is -2.88. The van der Waals surface area contributed by atoms with Crippen molar-refractivity contribution in [3.63, 3.8) is 0 Å². The van der Waals surface area contributed by atoms with Gasteiger partial charge in [-0.3, -0.25) is 0 Å². The second-order valence-corrected chi connectivity index (χ2v) is 8.06. The minimum atomic E-state index is -0.105. The molecule has 0 atom stereocenters. The average molecular weight is 358 g/mol. The molecule has 0 saturated heterocycles. The first kappa shape index (κ1) is 17.5. The summed E-state index contributed by atoms with van der Waals surface area (Å²) in [5.74, 6) is 1.62. The highest BCUT2D eigenvalue weighted by molar-refractivity contribution is 5.71. The second-order valence-electron chi connectivity index (χ2n) is 8.06. The van der Waals surface area contributed by atoms with Gasteiger partial charge in [0, 0.05) is 29.4 Å². The molecule has 0 spiro atoms. The molecule has 1 aliphatic heterocycles. The van der Waals surface area contributed by atoms with Crippen LogP contribution in [0.5, 0.6) is 0 Å². The highest BCUT2D eigenvalue weighted by atomic mass is 15.2. The molecule has 0 fully saturated rings. The number of para-hydroxylation sites is 1. The lowest BCUT2D eigenvalue weighted by Gasteiger charge is -2.31. The lowest BCUT2D eigenvalue weighted by Crippen LogP contribution is -2.29. The van der Waals surface area contributed by atoms with Crippen LogP contribution in [0.1, 0.15) is 32.8 Å². The fourth-order valence-corrected chi connectivity index (χ4v) is 3.49. The Morgan fingerprint density at radius 3 is 2.44 bits per heavy atom. The van der Waals surface area contributed by atoms with Crippen LogP contribution in [0.4, 0.5) is 17.5 Å². The smallest absolute Gasteiger partial charge is 0.225 e. The van der Waals surface area contributed by atoms with Crippen LogP contribution in [0.3, 0.4) is 0 Å². The first-order chi connectivity index (χ1) is 13.0. The Kier molecular flexibility index (Phi) is 4.56. The van der Waals surface area contributed by atoms with Crippen molar-refractivity contribution >= 4 is 17.5 Å². The van der Waals surface area contributed by atoms with Crippen LogP contribution in [-0.2, 0) is 6.42 Å². The molecular weight excluding hydrogens is 332 g/mol. The summed E-state index contributed by atoms with van der Waals surface area (Å²) in [5.41, 5.74) is 4.57. The van der Waals surface area contributed by atoms with Gasteiger partial charge in [-0.05, 0) is 45.2 Å². The van der Waals surface area contributed by atoms with Gasteiger partial charge in [-0.1, -0.05) is 48.5 Å². The van der Waals surface area contributed by atoms with Crippen LogP contribution in [0.2, 0.25) is 0 Å². The fraction of sp³-hybridized carbons (Fsp3) is 0.304. The van der Waals surface area contributed by atoms with E-state index >= 15 is 0 Å². The number of nitrogens with zero attached hydrogens (tertiary/aromatic N) is 3. The lowest BCUT2D eigenvalue weighted by molar-refractivity contribution is 0.625. The van der Waals surface area contributed by atoms with Crippen molar-refractivity contribution in [2.75, 3.05) is 16.8 Å². The molecule has 0 aliphatic carbocycles. The van der Waals surface area contributed by atoms with E-state index in [1.54, 1.807) is 0 Å². The maximum atomic E-state index is 4.87. The average Bonchev–Trinajstić information content (AvgIpc) is 2.66. The Bertz CT molecular complexity index is 929. The van der Waals surface area contributed by atoms with Gasteiger partial charge in [-0.2, -0.15) is 4.98 Å². The Morgan fingerprint density at radius 2 is 1.67 bits per heavy atom. The molecule has 0 unspecified atom stereocenters. The van der Waals surface area contributed by atoms with Crippen LogP contribution >= 0.6 is 0 Å². The summed E-state index contributed by atoms with van der Waals surface area (Å²) in [5, 5.41) is 3.45. The minimum Gasteiger partial charge on any atom is -0.350 e. The molecule has 1 aromatic heterocycles. The van der Waals surface area contributed by atoms with Gasteiger partial charge in [0.15, 0.2) is 0 Å². The summed E-state index contributed by atoms with van der Waals surface area (Å²) >= 11 is 0. The molecule has 4 nitrogen and oxygen atoms in total. The maximum absolute atomic E-state index is 4.87. The van der Waals surface area contributed by atoms with E-state index in [0.717, 1.165) is 36.5 Å². The van der Waals surface area contributed by atoms with Crippen molar-refractivity contribution in [3.8, 4) is 11.3 Å². The number of hydrogen-bond donors (Lipinski definition) is 1. The number of rotatable bonds is 3. The number of aromatic nitrogens is 2. The molecule has 0 radical (unpaired) electrons. The largest absolute Gasteiger partial charge is 0.350 e. The number of benzene rings is 2. The van der Waals surface area contributed by atoms with Gasteiger partial charge in [0.2, 0.25) is 5.95 Å². The molecule has 1 N–H and O–H groups in total. The third-order valence-electron chi connectivity index (χ3n) is 4.66. The standard InChI is InChI=1S/C23H26N4/c1-23(2,3)26-22-24-19(17-10-5-4-6-11-17)16-21(25-22)27-15-9-13-18-12-7-8-14-20(18)27/h4-8,10-12,14,16H,9,13,15H2,1-3H3,(H,24,25,26). The van der Waals surface area contributed by atoms with Crippen molar-refractivity contribution in [1.82, 2.24) is 9.97 Å². The zero-order valence-corrected chi connectivity index (χ0v) is 16.2. The number of hydrogen-bond acceptors (Lipinski definition) is 4. The van der Waals surface area contributed by atoms with E-state index in [4.69, 9.17) is 9.97 Å². The zero-order chi connectivity index (χ0) is 18.9. The topological polar surface area (TPSA) is 41.1 Å². The molecule has 27 heavy (non-hydrogen) atoms. The minimum absolute atomic E-state index is 0.105. The van der Waals surface area contributed by atoms with E-state index in [1.165, 1.54) is 11.3 Å². The van der Waals surface area contributed by atoms with Crippen LogP contribution in [-0.4, -0.2) is 22.1 Å². The molecule has 1 aliphatic rings. The molecule has 0 amide bonds. The number of aryl methyl sites for hydroxylation is 1. The summed E-state index contributed by atoms with van der Waals surface area (Å²) in [4.78, 5) is 12.0. The van der Waals surface area contributed by atoms with E-state index in [9.17, 15) is 0 Å². The summed E-state index contributed by atoms with van der Waals surface area (Å²) in [6.07, 6.45) is 2.25. The molecule has 2 heterocycles. The Labute approximate surface area is 161 Å². The maximum Gasteiger partial charge on any atom is 0.225 e. The van der Waals surface area contributed by atoms with E-state index < -0.39 is 0 Å². The SMILES string of the molecule is CC(C)(C)Nc1nc(-c2ccccc2)cc(N2CCCc3ccccc32)n1. The Morgan fingerprint density at radius 1 is 0.926 bits per heavy atom. The van der Waals surface area contributed by atoms with Gasteiger partial charge in [0.25, 0.3) is 0 Å². The molecule has 3 aromatic rings. The highest BCUT2D eigenvalue weighted by Crippen LogP contribution is 2.34. The number of anilines is 3. The van der Waals surface area contributed by atoms with Gasteiger partial charge < -0.3 is 10.2 Å². The molecule has 0 bridgehead atoms. The molecule has 2 aromatic carbocycles. The summed E-state index contributed by atoms with van der Waals surface area (Å²) < 4.78 is 0. The van der Waals surface area contributed by atoms with Crippen molar-refractivity contribution in [2.24, 2.45) is 0 Å². The van der Waals surface area contributed by atoms with Crippen LogP contribution in [0, 0.1) is 0 Å². The third kappa shape index (κ3) is 3.95. The fourth-order valence-electron chi connectivity index (χ4n) is 3.49. The normalized spacial score (nSPS) is 14.0. The first-order valence-electron chi connectivity index (χ1n) is 9.58. The van der Waals surface area contributed by atoms with E-state index in [2.05, 4.69) is 73.5 Å². The van der Waals surface area contributed by atoms with Crippen molar-refractivity contribution in [3.05, 3.63) is 66.2 Å². The van der Waals surface area contributed by atoms with Gasteiger partial charge in [0.05, 0.1) is 5.69 Å². The lowest BCUT2D eigenvalue weighted by atomic mass is 10.0. The highest BCUT2D eigenvalue weighted by Gasteiger charge is 2.21. The predicted octanol–water partition coefficient (Wildman–Crippen LogP) is 5.44. The van der Waals surface area contributed by atoms with E-state index in [0.29, 0.717) is 5.95 Å². The van der Waals surface area contributed by atoms with Gasteiger partial charge in [0.1, 0.15) is 5.82 Å². The summed E-state index contributed by atoms with van der Waals surface area (Å²) in [6.45, 7) is 7.35. The second kappa shape index (κ2) is 7.03. The molecular formula is C23H26N4. The van der Waals surface area contributed by atoms with Crippen molar-refractivity contribution in [2.45, 2.75) is 39.2 Å². The zero-order valence-electron chi connectivity index (χ0n) is 16.2. The predicted molar refractivity (Wildman–Crippen MR) is 113 cm³/mol. The summed E-state index contributed by atoms with van der Waals surface area (Å²) in [6, 6.07) is 21.0.